The number of carbonyl (C=O) groups is 2. The number of aromatic carboxylic acids is 2. The maximum atomic E-state index is 11.0. The molecule has 0 bridgehead atoms. The Kier molecular flexibility index (Phi) is 5.16. The lowest BCUT2D eigenvalue weighted by atomic mass is 9.80. The molecule has 1 unspecified atom stereocenters. The van der Waals surface area contributed by atoms with Gasteiger partial charge < -0.3 is 10.2 Å². The van der Waals surface area contributed by atoms with E-state index >= 15 is 0 Å². The maximum absolute atomic E-state index is 11.0. The van der Waals surface area contributed by atoms with Crippen molar-refractivity contribution in [3.05, 3.63) is 70.8 Å². The summed E-state index contributed by atoms with van der Waals surface area (Å²) in [5, 5.41) is 18.0. The molecule has 4 nitrogen and oxygen atoms in total. The zero-order chi connectivity index (χ0) is 17.0. The smallest absolute Gasteiger partial charge is 0.335 e. The summed E-state index contributed by atoms with van der Waals surface area (Å²) in [6.45, 7) is 4.25. The third-order valence-corrected chi connectivity index (χ3v) is 4.25. The average Bonchev–Trinajstić information content (AvgIpc) is 2.55. The summed E-state index contributed by atoms with van der Waals surface area (Å²) < 4.78 is 0. The van der Waals surface area contributed by atoms with Crippen LogP contribution >= 0.6 is 0 Å². The minimum absolute atomic E-state index is 0.102. The first-order valence-corrected chi connectivity index (χ1v) is 7.60. The molecule has 0 saturated carbocycles. The van der Waals surface area contributed by atoms with Gasteiger partial charge in [-0.3, -0.25) is 0 Å². The topological polar surface area (TPSA) is 74.6 Å². The summed E-state index contributed by atoms with van der Waals surface area (Å²) in [7, 11) is 0. The van der Waals surface area contributed by atoms with Crippen LogP contribution in [0.25, 0.3) is 0 Å². The van der Waals surface area contributed by atoms with Crippen molar-refractivity contribution >= 4 is 11.9 Å². The molecule has 0 aromatic heterocycles. The first kappa shape index (κ1) is 16.7. The number of benzene rings is 2. The number of carboxylic acid groups (broad SMARTS) is 2. The summed E-state index contributed by atoms with van der Waals surface area (Å²) in [5.74, 6) is -1.43. The van der Waals surface area contributed by atoms with Crippen LogP contribution in [-0.4, -0.2) is 22.2 Å². The van der Waals surface area contributed by atoms with Crippen molar-refractivity contribution in [3.8, 4) is 0 Å². The summed E-state index contributed by atoms with van der Waals surface area (Å²) in [4.78, 5) is 22.0. The van der Waals surface area contributed by atoms with Gasteiger partial charge in [0.2, 0.25) is 0 Å². The van der Waals surface area contributed by atoms with Crippen LogP contribution in [0.4, 0.5) is 0 Å². The molecule has 0 saturated heterocycles. The van der Waals surface area contributed by atoms with E-state index in [-0.39, 0.29) is 17.0 Å². The third-order valence-electron chi connectivity index (χ3n) is 4.25. The fourth-order valence-electron chi connectivity index (χ4n) is 2.75. The lowest BCUT2D eigenvalue weighted by Crippen LogP contribution is -2.11. The maximum Gasteiger partial charge on any atom is 0.335 e. The molecule has 1 atom stereocenters. The van der Waals surface area contributed by atoms with Crippen molar-refractivity contribution < 1.29 is 19.8 Å². The lowest BCUT2D eigenvalue weighted by molar-refractivity contribution is 0.0686. The second-order valence-corrected chi connectivity index (χ2v) is 5.72. The highest BCUT2D eigenvalue weighted by Gasteiger charge is 2.21. The zero-order valence-corrected chi connectivity index (χ0v) is 13.2. The molecule has 2 N–H and O–H groups in total. The minimum Gasteiger partial charge on any atom is -0.478 e. The van der Waals surface area contributed by atoms with Crippen LogP contribution in [0.3, 0.4) is 0 Å². The van der Waals surface area contributed by atoms with Gasteiger partial charge in [0, 0.05) is 5.92 Å². The molecule has 2 aromatic carbocycles. The molecular weight excluding hydrogens is 292 g/mol. The number of hydrogen-bond acceptors (Lipinski definition) is 2. The van der Waals surface area contributed by atoms with E-state index < -0.39 is 11.9 Å². The molecule has 0 aliphatic rings. The van der Waals surface area contributed by atoms with Gasteiger partial charge in [-0.15, -0.1) is 0 Å². The predicted molar refractivity (Wildman–Crippen MR) is 88.1 cm³/mol. The second-order valence-electron chi connectivity index (χ2n) is 5.72. The zero-order valence-electron chi connectivity index (χ0n) is 13.2. The number of carboxylic acids is 2. The normalized spacial score (nSPS) is 12.1. The van der Waals surface area contributed by atoms with Crippen molar-refractivity contribution in [2.75, 3.05) is 0 Å². The fraction of sp³-hybridized carbons (Fsp3) is 0.263. The van der Waals surface area contributed by atoms with E-state index in [0.29, 0.717) is 5.92 Å². The molecule has 2 aromatic rings. The van der Waals surface area contributed by atoms with Crippen LogP contribution in [0.5, 0.6) is 0 Å². The van der Waals surface area contributed by atoms with E-state index in [1.165, 1.54) is 0 Å². The third kappa shape index (κ3) is 3.77. The monoisotopic (exact) mass is 312 g/mol. The fourth-order valence-corrected chi connectivity index (χ4v) is 2.75. The van der Waals surface area contributed by atoms with E-state index in [2.05, 4.69) is 13.8 Å². The van der Waals surface area contributed by atoms with Gasteiger partial charge in [-0.2, -0.15) is 0 Å². The van der Waals surface area contributed by atoms with Crippen molar-refractivity contribution in [2.24, 2.45) is 5.92 Å². The van der Waals surface area contributed by atoms with Crippen molar-refractivity contribution in [3.63, 3.8) is 0 Å². The quantitative estimate of drug-likeness (QED) is 0.835. The Bertz CT molecular complexity index is 629. The Labute approximate surface area is 135 Å². The van der Waals surface area contributed by atoms with Crippen LogP contribution in [0.2, 0.25) is 0 Å². The molecule has 0 amide bonds. The molecule has 23 heavy (non-hydrogen) atoms. The Hall–Kier alpha value is -2.62. The Morgan fingerprint density at radius 1 is 0.826 bits per heavy atom. The second kappa shape index (κ2) is 7.09. The summed E-state index contributed by atoms with van der Waals surface area (Å²) >= 11 is 0. The molecule has 2 rings (SSSR count). The van der Waals surface area contributed by atoms with E-state index in [9.17, 15) is 9.59 Å². The van der Waals surface area contributed by atoms with Gasteiger partial charge in [-0.1, -0.05) is 44.5 Å². The van der Waals surface area contributed by atoms with Crippen molar-refractivity contribution in [1.29, 1.82) is 0 Å². The van der Waals surface area contributed by atoms with Gasteiger partial charge >= 0.3 is 11.9 Å². The summed E-state index contributed by atoms with van der Waals surface area (Å²) in [6.07, 6.45) is 0.964. The van der Waals surface area contributed by atoms with E-state index in [4.69, 9.17) is 10.2 Å². The first-order chi connectivity index (χ1) is 10.9. The highest BCUT2D eigenvalue weighted by molar-refractivity contribution is 5.88. The van der Waals surface area contributed by atoms with E-state index in [0.717, 1.165) is 17.5 Å². The average molecular weight is 312 g/mol. The SMILES string of the molecule is CCC(C)C(c1ccc(C(=O)O)cc1)c1ccc(C(=O)O)cc1. The lowest BCUT2D eigenvalue weighted by Gasteiger charge is -2.24. The highest BCUT2D eigenvalue weighted by Crippen LogP contribution is 2.34. The highest BCUT2D eigenvalue weighted by atomic mass is 16.4. The molecule has 120 valence electrons. The molecule has 0 aliphatic heterocycles. The van der Waals surface area contributed by atoms with Gasteiger partial charge in [0.15, 0.2) is 0 Å². The molecule has 0 fully saturated rings. The molecule has 4 heteroatoms. The van der Waals surface area contributed by atoms with E-state index in [1.54, 1.807) is 24.3 Å². The molecular formula is C19H20O4. The molecule has 0 radical (unpaired) electrons. The number of hydrogen-bond donors (Lipinski definition) is 2. The minimum atomic E-state index is -0.942. The summed E-state index contributed by atoms with van der Waals surface area (Å²) in [5.41, 5.74) is 2.59. The van der Waals surface area contributed by atoms with Crippen molar-refractivity contribution in [2.45, 2.75) is 26.2 Å². The van der Waals surface area contributed by atoms with Gasteiger partial charge in [-0.25, -0.2) is 9.59 Å². The Morgan fingerprint density at radius 2 is 1.17 bits per heavy atom. The predicted octanol–water partition coefficient (Wildman–Crippen LogP) is 4.26. The van der Waals surface area contributed by atoms with Crippen LogP contribution in [0.15, 0.2) is 48.5 Å². The van der Waals surface area contributed by atoms with Crippen LogP contribution < -0.4 is 0 Å². The van der Waals surface area contributed by atoms with Gasteiger partial charge in [0.1, 0.15) is 0 Å². The van der Waals surface area contributed by atoms with Crippen LogP contribution in [0.1, 0.15) is 58.0 Å². The standard InChI is InChI=1S/C19H20O4/c1-3-12(2)17(13-4-8-15(9-5-13)18(20)21)14-6-10-16(11-7-14)19(22)23/h4-12,17H,3H2,1-2H3,(H,20,21)(H,22,23). The first-order valence-electron chi connectivity index (χ1n) is 7.60. The van der Waals surface area contributed by atoms with Crippen LogP contribution in [0, 0.1) is 5.92 Å². The van der Waals surface area contributed by atoms with Gasteiger partial charge in [0.05, 0.1) is 11.1 Å². The van der Waals surface area contributed by atoms with Crippen LogP contribution in [-0.2, 0) is 0 Å². The molecule has 0 spiro atoms. The van der Waals surface area contributed by atoms with E-state index in [1.807, 2.05) is 24.3 Å². The Balaban J connectivity index is 2.40. The molecule has 0 heterocycles. The largest absolute Gasteiger partial charge is 0.478 e. The Morgan fingerprint density at radius 3 is 1.43 bits per heavy atom. The molecule has 0 aliphatic carbocycles. The van der Waals surface area contributed by atoms with Gasteiger partial charge in [-0.05, 0) is 41.3 Å². The van der Waals surface area contributed by atoms with Gasteiger partial charge in [0.25, 0.3) is 0 Å². The summed E-state index contributed by atoms with van der Waals surface area (Å²) in [6, 6.07) is 13.8. The number of rotatable bonds is 6. The van der Waals surface area contributed by atoms with Crippen molar-refractivity contribution in [1.82, 2.24) is 0 Å².